The lowest BCUT2D eigenvalue weighted by Gasteiger charge is -2.32. The molecule has 2 aliphatic rings. The predicted octanol–water partition coefficient (Wildman–Crippen LogP) is 2.24. The Morgan fingerprint density at radius 3 is 3.07 bits per heavy atom. The summed E-state index contributed by atoms with van der Waals surface area (Å²) >= 11 is 0. The summed E-state index contributed by atoms with van der Waals surface area (Å²) < 4.78 is 0. The Labute approximate surface area is 86.0 Å². The molecule has 1 aliphatic heterocycles. The Bertz CT molecular complexity index is 301. The van der Waals surface area contributed by atoms with Crippen LogP contribution >= 0.6 is 0 Å². The Kier molecular flexibility index (Phi) is 2.44. The Balaban J connectivity index is 1.99. The lowest BCUT2D eigenvalue weighted by atomic mass is 9.80. The van der Waals surface area contributed by atoms with E-state index in [9.17, 15) is 0 Å². The van der Waals surface area contributed by atoms with Crippen molar-refractivity contribution in [2.45, 2.75) is 20.3 Å². The predicted molar refractivity (Wildman–Crippen MR) is 60.6 cm³/mol. The van der Waals surface area contributed by atoms with Crippen LogP contribution in [-0.2, 0) is 0 Å². The molecule has 0 spiro atoms. The van der Waals surface area contributed by atoms with E-state index in [0.717, 1.165) is 19.6 Å². The number of hydrogen-bond donors (Lipinski definition) is 0. The number of allylic oxidation sites excluding steroid dienone is 3. The molecule has 0 bridgehead atoms. The van der Waals surface area contributed by atoms with E-state index in [4.69, 9.17) is 0 Å². The summed E-state index contributed by atoms with van der Waals surface area (Å²) in [5, 5.41) is 0. The van der Waals surface area contributed by atoms with Gasteiger partial charge in [0.2, 0.25) is 0 Å². The van der Waals surface area contributed by atoms with Crippen LogP contribution in [0.25, 0.3) is 0 Å². The molecule has 0 amide bonds. The smallest absolute Gasteiger partial charge is 0.0851 e. The molecular weight excluding hydrogens is 172 g/mol. The lowest BCUT2D eigenvalue weighted by Crippen LogP contribution is -2.33. The van der Waals surface area contributed by atoms with E-state index < -0.39 is 0 Å². The molecule has 0 saturated heterocycles. The molecule has 1 unspecified atom stereocenters. The number of hydrogen-bond acceptors (Lipinski definition) is 2. The summed E-state index contributed by atoms with van der Waals surface area (Å²) in [5.41, 5.74) is 1.78. The molecule has 0 saturated carbocycles. The van der Waals surface area contributed by atoms with Gasteiger partial charge in [0.1, 0.15) is 0 Å². The van der Waals surface area contributed by atoms with Crippen LogP contribution in [0, 0.1) is 5.41 Å². The molecule has 0 aromatic carbocycles. The minimum absolute atomic E-state index is 0.301. The molecule has 2 heteroatoms. The van der Waals surface area contributed by atoms with Gasteiger partial charge in [-0.15, -0.1) is 0 Å². The minimum atomic E-state index is 0.301. The summed E-state index contributed by atoms with van der Waals surface area (Å²) in [7, 11) is 0. The van der Waals surface area contributed by atoms with E-state index >= 15 is 0 Å². The fourth-order valence-corrected chi connectivity index (χ4v) is 2.31. The summed E-state index contributed by atoms with van der Waals surface area (Å²) in [6.45, 7) is 7.69. The Morgan fingerprint density at radius 1 is 1.57 bits per heavy atom. The van der Waals surface area contributed by atoms with Gasteiger partial charge in [-0.25, -0.2) is 0 Å². The van der Waals surface area contributed by atoms with Crippen LogP contribution in [-0.4, -0.2) is 30.9 Å². The number of rotatable bonds is 2. The Morgan fingerprint density at radius 2 is 2.43 bits per heavy atom. The first-order valence-electron chi connectivity index (χ1n) is 5.27. The highest BCUT2D eigenvalue weighted by molar-refractivity contribution is 5.57. The monoisotopic (exact) mass is 190 g/mol. The van der Waals surface area contributed by atoms with Crippen molar-refractivity contribution in [3.05, 3.63) is 23.8 Å². The van der Waals surface area contributed by atoms with Crippen molar-refractivity contribution in [1.82, 2.24) is 4.90 Å². The minimum Gasteiger partial charge on any atom is -0.360 e. The van der Waals surface area contributed by atoms with Crippen LogP contribution in [0.2, 0.25) is 0 Å². The van der Waals surface area contributed by atoms with E-state index in [0.29, 0.717) is 5.41 Å². The first-order valence-corrected chi connectivity index (χ1v) is 5.27. The molecular formula is C12H18N2. The van der Waals surface area contributed by atoms with Crippen LogP contribution < -0.4 is 0 Å². The van der Waals surface area contributed by atoms with Crippen molar-refractivity contribution >= 4 is 6.34 Å². The molecule has 1 aliphatic carbocycles. The van der Waals surface area contributed by atoms with Gasteiger partial charge in [-0.3, -0.25) is 4.99 Å². The second-order valence-corrected chi connectivity index (χ2v) is 4.70. The SMILES string of the molecule is CC1=CC=CC(C)(CN2C=NCC2)C1. The first kappa shape index (κ1) is 9.50. The zero-order chi connectivity index (χ0) is 10.0. The standard InChI is InChI=1S/C12H18N2/c1-11-4-3-5-12(2,8-11)9-14-7-6-13-10-14/h3-5,10H,6-9H2,1-2H3. The molecule has 14 heavy (non-hydrogen) atoms. The van der Waals surface area contributed by atoms with Gasteiger partial charge >= 0.3 is 0 Å². The molecule has 76 valence electrons. The van der Waals surface area contributed by atoms with Crippen LogP contribution in [0.1, 0.15) is 20.3 Å². The molecule has 2 rings (SSSR count). The van der Waals surface area contributed by atoms with Gasteiger partial charge in [-0.05, 0) is 13.3 Å². The summed E-state index contributed by atoms with van der Waals surface area (Å²) in [5.74, 6) is 0. The molecule has 0 fully saturated rings. The normalized spacial score (nSPS) is 31.0. The fraction of sp³-hybridized carbons (Fsp3) is 0.583. The van der Waals surface area contributed by atoms with Crippen LogP contribution in [0.5, 0.6) is 0 Å². The van der Waals surface area contributed by atoms with Gasteiger partial charge in [-0.2, -0.15) is 0 Å². The maximum absolute atomic E-state index is 4.24. The largest absolute Gasteiger partial charge is 0.360 e. The summed E-state index contributed by atoms with van der Waals surface area (Å²) in [6.07, 6.45) is 9.89. The third-order valence-corrected chi connectivity index (χ3v) is 2.89. The second kappa shape index (κ2) is 3.60. The van der Waals surface area contributed by atoms with Gasteiger partial charge in [0.25, 0.3) is 0 Å². The molecule has 0 radical (unpaired) electrons. The molecule has 1 atom stereocenters. The van der Waals surface area contributed by atoms with E-state index in [-0.39, 0.29) is 0 Å². The third-order valence-electron chi connectivity index (χ3n) is 2.89. The van der Waals surface area contributed by atoms with Gasteiger partial charge in [0.05, 0.1) is 12.9 Å². The highest BCUT2D eigenvalue weighted by atomic mass is 15.2. The topological polar surface area (TPSA) is 15.6 Å². The van der Waals surface area contributed by atoms with Gasteiger partial charge in [0.15, 0.2) is 0 Å². The highest BCUT2D eigenvalue weighted by Gasteiger charge is 2.26. The second-order valence-electron chi connectivity index (χ2n) is 4.70. The summed E-state index contributed by atoms with van der Waals surface area (Å²) in [6, 6.07) is 0. The molecule has 1 heterocycles. The summed E-state index contributed by atoms with van der Waals surface area (Å²) in [4.78, 5) is 6.56. The number of nitrogens with zero attached hydrogens (tertiary/aromatic N) is 2. The number of aliphatic imine (C=N–C) groups is 1. The molecule has 0 N–H and O–H groups in total. The average Bonchev–Trinajstić information content (AvgIpc) is 2.55. The molecule has 0 aromatic rings. The van der Waals surface area contributed by atoms with Crippen LogP contribution in [0.3, 0.4) is 0 Å². The van der Waals surface area contributed by atoms with Crippen molar-refractivity contribution in [3.8, 4) is 0 Å². The van der Waals surface area contributed by atoms with Gasteiger partial charge < -0.3 is 4.90 Å². The van der Waals surface area contributed by atoms with Crippen molar-refractivity contribution in [2.24, 2.45) is 10.4 Å². The Hall–Kier alpha value is -1.05. The van der Waals surface area contributed by atoms with Crippen molar-refractivity contribution in [3.63, 3.8) is 0 Å². The zero-order valence-corrected chi connectivity index (χ0v) is 9.03. The van der Waals surface area contributed by atoms with Crippen molar-refractivity contribution in [2.75, 3.05) is 19.6 Å². The molecule has 2 nitrogen and oxygen atoms in total. The van der Waals surface area contributed by atoms with Gasteiger partial charge in [-0.1, -0.05) is 30.7 Å². The lowest BCUT2D eigenvalue weighted by molar-refractivity contribution is 0.300. The van der Waals surface area contributed by atoms with E-state index in [1.165, 1.54) is 12.0 Å². The molecule has 0 aromatic heterocycles. The van der Waals surface area contributed by atoms with E-state index in [1.807, 2.05) is 6.34 Å². The highest BCUT2D eigenvalue weighted by Crippen LogP contribution is 2.31. The van der Waals surface area contributed by atoms with Crippen LogP contribution in [0.4, 0.5) is 0 Å². The van der Waals surface area contributed by atoms with Crippen LogP contribution in [0.15, 0.2) is 28.8 Å². The van der Waals surface area contributed by atoms with E-state index in [2.05, 4.69) is 42.0 Å². The first-order chi connectivity index (χ1) is 6.68. The quantitative estimate of drug-likeness (QED) is 0.652. The third kappa shape index (κ3) is 2.06. The maximum Gasteiger partial charge on any atom is 0.0851 e. The van der Waals surface area contributed by atoms with E-state index in [1.54, 1.807) is 0 Å². The zero-order valence-electron chi connectivity index (χ0n) is 9.03. The average molecular weight is 190 g/mol. The van der Waals surface area contributed by atoms with Gasteiger partial charge in [0, 0.05) is 18.5 Å². The van der Waals surface area contributed by atoms with Crippen molar-refractivity contribution < 1.29 is 0 Å². The fourth-order valence-electron chi connectivity index (χ4n) is 2.31. The van der Waals surface area contributed by atoms with Crippen molar-refractivity contribution in [1.29, 1.82) is 0 Å². The maximum atomic E-state index is 4.24.